The van der Waals surface area contributed by atoms with Gasteiger partial charge in [-0.15, -0.1) is 0 Å². The predicted octanol–water partition coefficient (Wildman–Crippen LogP) is 5.40. The van der Waals surface area contributed by atoms with E-state index in [4.69, 9.17) is 9.47 Å². The summed E-state index contributed by atoms with van der Waals surface area (Å²) in [5.74, 6) is 1.65. The number of pyridine rings is 1. The summed E-state index contributed by atoms with van der Waals surface area (Å²) in [5.41, 5.74) is 4.58. The van der Waals surface area contributed by atoms with E-state index in [9.17, 15) is 4.79 Å². The van der Waals surface area contributed by atoms with Crippen molar-refractivity contribution in [1.82, 2.24) is 9.88 Å². The molecule has 172 valence electrons. The van der Waals surface area contributed by atoms with Crippen molar-refractivity contribution in [3.63, 3.8) is 0 Å². The van der Waals surface area contributed by atoms with Crippen molar-refractivity contribution in [3.05, 3.63) is 95.8 Å². The van der Waals surface area contributed by atoms with Crippen molar-refractivity contribution in [1.29, 1.82) is 0 Å². The number of carbonyl (C=O) groups excluding carboxylic acids is 1. The number of ether oxygens (including phenoxy) is 2. The van der Waals surface area contributed by atoms with E-state index < -0.39 is 0 Å². The number of carbonyl (C=O) groups is 1. The summed E-state index contributed by atoms with van der Waals surface area (Å²) < 4.78 is 10.6. The average molecular weight is 445 g/mol. The zero-order valence-electron chi connectivity index (χ0n) is 19.4. The maximum absolute atomic E-state index is 11.6. The lowest BCUT2D eigenvalue weighted by Gasteiger charge is -2.17. The second kappa shape index (κ2) is 13.1. The SMILES string of the molecule is COc1ccc(C(=CCCN(C=O)CCCCc2cccnc2)c2ccc(OC)cc2)cc1. The topological polar surface area (TPSA) is 51.7 Å². The predicted molar refractivity (Wildman–Crippen MR) is 132 cm³/mol. The maximum Gasteiger partial charge on any atom is 0.209 e. The number of hydrogen-bond donors (Lipinski definition) is 0. The lowest BCUT2D eigenvalue weighted by molar-refractivity contribution is -0.118. The molecule has 0 bridgehead atoms. The lowest BCUT2D eigenvalue weighted by Crippen LogP contribution is -2.24. The van der Waals surface area contributed by atoms with Crippen LogP contribution < -0.4 is 9.47 Å². The van der Waals surface area contributed by atoms with E-state index >= 15 is 0 Å². The van der Waals surface area contributed by atoms with Crippen LogP contribution in [-0.4, -0.2) is 43.6 Å². The van der Waals surface area contributed by atoms with Crippen molar-refractivity contribution in [2.24, 2.45) is 0 Å². The number of aryl methyl sites for hydroxylation is 1. The summed E-state index contributed by atoms with van der Waals surface area (Å²) in [6.07, 6.45) is 10.6. The molecule has 33 heavy (non-hydrogen) atoms. The standard InChI is InChI=1S/C28H32N2O3/c1-32-26-14-10-24(11-15-26)28(25-12-16-27(33-2)17-13-25)9-6-20-30(22-31)19-4-3-7-23-8-5-18-29-21-23/h5,8-18,21-22H,3-4,6-7,19-20H2,1-2H3. The number of hydrogen-bond acceptors (Lipinski definition) is 4. The Kier molecular flexibility index (Phi) is 9.52. The summed E-state index contributed by atoms with van der Waals surface area (Å²) in [6, 6.07) is 20.2. The molecule has 0 radical (unpaired) electrons. The molecule has 0 N–H and O–H groups in total. The van der Waals surface area contributed by atoms with Crippen molar-refractivity contribution >= 4 is 12.0 Å². The van der Waals surface area contributed by atoms with Crippen molar-refractivity contribution in [3.8, 4) is 11.5 Å². The van der Waals surface area contributed by atoms with Crippen LogP contribution in [0.2, 0.25) is 0 Å². The number of unbranched alkanes of at least 4 members (excludes halogenated alkanes) is 1. The molecule has 0 fully saturated rings. The molecule has 3 aromatic rings. The van der Waals surface area contributed by atoms with Crippen LogP contribution >= 0.6 is 0 Å². The largest absolute Gasteiger partial charge is 0.497 e. The number of aromatic nitrogens is 1. The average Bonchev–Trinajstić information content (AvgIpc) is 2.88. The Labute approximate surface area is 196 Å². The van der Waals surface area contributed by atoms with E-state index in [1.807, 2.05) is 41.4 Å². The molecule has 0 atom stereocenters. The first-order valence-corrected chi connectivity index (χ1v) is 11.3. The van der Waals surface area contributed by atoms with Crippen LogP contribution in [0.1, 0.15) is 36.0 Å². The van der Waals surface area contributed by atoms with Crippen LogP contribution in [0.5, 0.6) is 11.5 Å². The van der Waals surface area contributed by atoms with E-state index in [1.165, 1.54) is 5.56 Å². The Morgan fingerprint density at radius 3 is 2.03 bits per heavy atom. The minimum atomic E-state index is 0.687. The Bertz CT molecular complexity index is 950. The number of methoxy groups -OCH3 is 2. The van der Waals surface area contributed by atoms with Gasteiger partial charge in [0.2, 0.25) is 6.41 Å². The van der Waals surface area contributed by atoms with Gasteiger partial charge in [-0.1, -0.05) is 36.4 Å². The monoisotopic (exact) mass is 444 g/mol. The normalized spacial score (nSPS) is 10.4. The number of amides is 1. The fourth-order valence-electron chi connectivity index (χ4n) is 3.73. The van der Waals surface area contributed by atoms with Crippen molar-refractivity contribution in [2.75, 3.05) is 27.3 Å². The molecule has 1 heterocycles. The molecular weight excluding hydrogens is 412 g/mol. The van der Waals surface area contributed by atoms with E-state index in [1.54, 1.807) is 20.4 Å². The third-order valence-corrected chi connectivity index (χ3v) is 5.60. The molecule has 0 aliphatic rings. The second-order valence-corrected chi connectivity index (χ2v) is 7.82. The molecule has 0 saturated carbocycles. The van der Waals surface area contributed by atoms with Gasteiger partial charge in [-0.3, -0.25) is 9.78 Å². The molecule has 0 unspecified atom stereocenters. The highest BCUT2D eigenvalue weighted by molar-refractivity contribution is 5.80. The first-order valence-electron chi connectivity index (χ1n) is 11.3. The molecule has 0 aliphatic carbocycles. The Morgan fingerprint density at radius 1 is 0.879 bits per heavy atom. The van der Waals surface area contributed by atoms with Crippen LogP contribution in [0.3, 0.4) is 0 Å². The third-order valence-electron chi connectivity index (χ3n) is 5.60. The van der Waals surface area contributed by atoms with Gasteiger partial charge in [0.1, 0.15) is 11.5 Å². The van der Waals surface area contributed by atoms with Crippen LogP contribution in [0.15, 0.2) is 79.1 Å². The van der Waals surface area contributed by atoms with Gasteiger partial charge in [0.15, 0.2) is 0 Å². The van der Waals surface area contributed by atoms with Gasteiger partial charge in [-0.2, -0.15) is 0 Å². The minimum absolute atomic E-state index is 0.687. The number of benzene rings is 2. The molecule has 0 spiro atoms. The Morgan fingerprint density at radius 2 is 1.52 bits per heavy atom. The van der Waals surface area contributed by atoms with Gasteiger partial charge >= 0.3 is 0 Å². The fraction of sp³-hybridized carbons (Fsp3) is 0.286. The van der Waals surface area contributed by atoms with Gasteiger partial charge in [0.05, 0.1) is 14.2 Å². The van der Waals surface area contributed by atoms with Crippen LogP contribution in [-0.2, 0) is 11.2 Å². The highest BCUT2D eigenvalue weighted by Crippen LogP contribution is 2.27. The lowest BCUT2D eigenvalue weighted by atomic mass is 9.96. The quantitative estimate of drug-likeness (QED) is 0.262. The van der Waals surface area contributed by atoms with E-state index in [0.29, 0.717) is 6.54 Å². The molecule has 3 rings (SSSR count). The maximum atomic E-state index is 11.6. The van der Waals surface area contributed by atoms with Crippen LogP contribution in [0.25, 0.3) is 5.57 Å². The molecule has 1 aromatic heterocycles. The molecule has 0 aliphatic heterocycles. The van der Waals surface area contributed by atoms with Gasteiger partial charge in [-0.25, -0.2) is 0 Å². The first kappa shape index (κ1) is 24.1. The first-order chi connectivity index (χ1) is 16.2. The molecule has 1 amide bonds. The molecule has 2 aromatic carbocycles. The third kappa shape index (κ3) is 7.49. The van der Waals surface area contributed by atoms with Crippen molar-refractivity contribution in [2.45, 2.75) is 25.7 Å². The minimum Gasteiger partial charge on any atom is -0.497 e. The second-order valence-electron chi connectivity index (χ2n) is 7.82. The summed E-state index contributed by atoms with van der Waals surface area (Å²) in [7, 11) is 3.33. The highest BCUT2D eigenvalue weighted by atomic mass is 16.5. The zero-order valence-corrected chi connectivity index (χ0v) is 19.4. The Hall–Kier alpha value is -3.60. The van der Waals surface area contributed by atoms with Gasteiger partial charge < -0.3 is 14.4 Å². The van der Waals surface area contributed by atoms with Gasteiger partial charge in [-0.05, 0) is 78.3 Å². The summed E-state index contributed by atoms with van der Waals surface area (Å²) in [6.45, 7) is 1.45. The van der Waals surface area contributed by atoms with E-state index in [0.717, 1.165) is 66.8 Å². The number of nitrogens with zero attached hydrogens (tertiary/aromatic N) is 2. The van der Waals surface area contributed by atoms with Crippen LogP contribution in [0.4, 0.5) is 0 Å². The summed E-state index contributed by atoms with van der Waals surface area (Å²) >= 11 is 0. The molecule has 0 saturated heterocycles. The van der Waals surface area contributed by atoms with E-state index in [2.05, 4.69) is 41.4 Å². The van der Waals surface area contributed by atoms with E-state index in [-0.39, 0.29) is 0 Å². The van der Waals surface area contributed by atoms with Gasteiger partial charge in [0, 0.05) is 25.5 Å². The number of rotatable bonds is 13. The molecule has 5 heteroatoms. The fourth-order valence-corrected chi connectivity index (χ4v) is 3.73. The van der Waals surface area contributed by atoms with Crippen molar-refractivity contribution < 1.29 is 14.3 Å². The van der Waals surface area contributed by atoms with Gasteiger partial charge in [0.25, 0.3) is 0 Å². The summed E-state index contributed by atoms with van der Waals surface area (Å²) in [5, 5.41) is 0. The molecular formula is C28H32N2O3. The smallest absolute Gasteiger partial charge is 0.209 e. The highest BCUT2D eigenvalue weighted by Gasteiger charge is 2.07. The van der Waals surface area contributed by atoms with Crippen LogP contribution in [0, 0.1) is 0 Å². The summed E-state index contributed by atoms with van der Waals surface area (Å²) in [4.78, 5) is 17.6. The molecule has 5 nitrogen and oxygen atoms in total. The Balaban J connectivity index is 1.62. The zero-order chi connectivity index (χ0) is 23.3.